The van der Waals surface area contributed by atoms with E-state index in [1.165, 1.54) is 11.9 Å². The molecule has 0 aliphatic heterocycles. The van der Waals surface area contributed by atoms with Crippen molar-refractivity contribution in [2.24, 2.45) is 0 Å². The molecule has 0 saturated carbocycles. The number of hydrogen-bond donors (Lipinski definition) is 1. The van der Waals surface area contributed by atoms with Gasteiger partial charge in [0.05, 0.1) is 12.8 Å². The highest BCUT2D eigenvalue weighted by Crippen LogP contribution is 2.17. The van der Waals surface area contributed by atoms with Crippen molar-refractivity contribution in [3.05, 3.63) is 106 Å². The van der Waals surface area contributed by atoms with E-state index in [4.69, 9.17) is 11.6 Å². The third-order valence-corrected chi connectivity index (χ3v) is 7.56. The standard InChI is InChI=1S/C28H32ClN3O4S/c1-21-9-11-23(12-10-21)18-30-28(34)26(17-22-7-5-4-6-8-22)32(19-24-13-15-25(29)16-14-24)27(33)20-31(2)37(3,35)36/h4-16,26H,17-20H2,1-3H3,(H,30,34)/t26-/m1/s1. The van der Waals surface area contributed by atoms with E-state index in [0.717, 1.165) is 32.8 Å². The Balaban J connectivity index is 1.93. The van der Waals surface area contributed by atoms with Crippen LogP contribution < -0.4 is 5.32 Å². The lowest BCUT2D eigenvalue weighted by Gasteiger charge is -2.32. The molecule has 0 saturated heterocycles. The Hall–Kier alpha value is -3.20. The quantitative estimate of drug-likeness (QED) is 0.400. The zero-order valence-electron chi connectivity index (χ0n) is 21.2. The van der Waals surface area contributed by atoms with Gasteiger partial charge in [-0.1, -0.05) is 83.9 Å². The number of likely N-dealkylation sites (N-methyl/N-ethyl adjacent to an activating group) is 1. The van der Waals surface area contributed by atoms with Crippen LogP contribution in [0.2, 0.25) is 5.02 Å². The van der Waals surface area contributed by atoms with Gasteiger partial charge in [0.1, 0.15) is 6.04 Å². The van der Waals surface area contributed by atoms with Gasteiger partial charge in [0.2, 0.25) is 21.8 Å². The Labute approximate surface area is 224 Å². The van der Waals surface area contributed by atoms with Crippen LogP contribution >= 0.6 is 11.6 Å². The predicted octanol–water partition coefficient (Wildman–Crippen LogP) is 3.80. The van der Waals surface area contributed by atoms with Gasteiger partial charge in [0.15, 0.2) is 0 Å². The van der Waals surface area contributed by atoms with Crippen LogP contribution in [0.1, 0.15) is 22.3 Å². The summed E-state index contributed by atoms with van der Waals surface area (Å²) < 4.78 is 25.0. The van der Waals surface area contributed by atoms with Gasteiger partial charge in [-0.3, -0.25) is 9.59 Å². The van der Waals surface area contributed by atoms with E-state index in [1.807, 2.05) is 61.5 Å². The third-order valence-electron chi connectivity index (χ3n) is 6.05. The lowest BCUT2D eigenvalue weighted by atomic mass is 10.0. The van der Waals surface area contributed by atoms with E-state index < -0.39 is 22.0 Å². The van der Waals surface area contributed by atoms with Gasteiger partial charge in [-0.2, -0.15) is 4.31 Å². The van der Waals surface area contributed by atoms with E-state index in [-0.39, 0.29) is 25.4 Å². The molecule has 37 heavy (non-hydrogen) atoms. The second kappa shape index (κ2) is 12.9. The minimum Gasteiger partial charge on any atom is -0.350 e. The van der Waals surface area contributed by atoms with Gasteiger partial charge in [-0.05, 0) is 35.7 Å². The average molecular weight is 542 g/mol. The number of aryl methyl sites for hydroxylation is 1. The maximum Gasteiger partial charge on any atom is 0.243 e. The van der Waals surface area contributed by atoms with E-state index >= 15 is 0 Å². The fourth-order valence-electron chi connectivity index (χ4n) is 3.75. The average Bonchev–Trinajstić information content (AvgIpc) is 2.86. The number of rotatable bonds is 11. The maximum absolute atomic E-state index is 13.6. The van der Waals surface area contributed by atoms with Crippen molar-refractivity contribution in [3.8, 4) is 0 Å². The van der Waals surface area contributed by atoms with Gasteiger partial charge in [-0.25, -0.2) is 8.42 Å². The Morgan fingerprint density at radius 3 is 2.08 bits per heavy atom. The summed E-state index contributed by atoms with van der Waals surface area (Å²) in [5.41, 5.74) is 3.70. The maximum atomic E-state index is 13.6. The molecular formula is C28H32ClN3O4S. The van der Waals surface area contributed by atoms with Crippen molar-refractivity contribution in [3.63, 3.8) is 0 Å². The molecule has 3 aromatic carbocycles. The first kappa shape index (κ1) is 28.4. The van der Waals surface area contributed by atoms with Gasteiger partial charge >= 0.3 is 0 Å². The fourth-order valence-corrected chi connectivity index (χ4v) is 4.22. The molecule has 0 aliphatic carbocycles. The smallest absolute Gasteiger partial charge is 0.243 e. The summed E-state index contributed by atoms with van der Waals surface area (Å²) in [5.74, 6) is -0.803. The lowest BCUT2D eigenvalue weighted by molar-refractivity contribution is -0.141. The summed E-state index contributed by atoms with van der Waals surface area (Å²) in [6, 6.07) is 23.4. The summed E-state index contributed by atoms with van der Waals surface area (Å²) in [7, 11) is -2.25. The van der Waals surface area contributed by atoms with Gasteiger partial charge < -0.3 is 10.2 Å². The molecule has 0 radical (unpaired) electrons. The lowest BCUT2D eigenvalue weighted by Crippen LogP contribution is -2.52. The number of nitrogens with zero attached hydrogens (tertiary/aromatic N) is 2. The summed E-state index contributed by atoms with van der Waals surface area (Å²) in [4.78, 5) is 28.6. The minimum atomic E-state index is -3.60. The van der Waals surface area contributed by atoms with Crippen molar-refractivity contribution in [2.75, 3.05) is 19.8 Å². The molecule has 0 heterocycles. The first-order valence-electron chi connectivity index (χ1n) is 11.9. The highest BCUT2D eigenvalue weighted by Gasteiger charge is 2.31. The SMILES string of the molecule is Cc1ccc(CNC(=O)[C@@H](Cc2ccccc2)N(Cc2ccc(Cl)cc2)C(=O)CN(C)S(C)(=O)=O)cc1. The van der Waals surface area contributed by atoms with Crippen LogP contribution in [0, 0.1) is 6.92 Å². The molecule has 196 valence electrons. The molecule has 0 bridgehead atoms. The number of carbonyl (C=O) groups is 2. The molecule has 2 amide bonds. The second-order valence-corrected chi connectivity index (χ2v) is 11.6. The van der Waals surface area contributed by atoms with E-state index in [2.05, 4.69) is 5.32 Å². The molecule has 1 N–H and O–H groups in total. The normalized spacial score (nSPS) is 12.2. The van der Waals surface area contributed by atoms with E-state index in [0.29, 0.717) is 11.6 Å². The number of halogens is 1. The number of amides is 2. The molecule has 9 heteroatoms. The first-order chi connectivity index (χ1) is 17.5. The van der Waals surface area contributed by atoms with Crippen LogP contribution in [0.4, 0.5) is 0 Å². The molecular weight excluding hydrogens is 510 g/mol. The van der Waals surface area contributed by atoms with Crippen LogP contribution in [0.15, 0.2) is 78.9 Å². The van der Waals surface area contributed by atoms with Crippen LogP contribution in [-0.2, 0) is 39.1 Å². The molecule has 0 fully saturated rings. The second-order valence-electron chi connectivity index (χ2n) is 9.08. The van der Waals surface area contributed by atoms with Crippen LogP contribution in [0.5, 0.6) is 0 Å². The van der Waals surface area contributed by atoms with Crippen LogP contribution in [0.3, 0.4) is 0 Å². The van der Waals surface area contributed by atoms with Gasteiger partial charge in [0, 0.05) is 31.6 Å². The largest absolute Gasteiger partial charge is 0.350 e. The molecule has 0 aliphatic rings. The zero-order valence-corrected chi connectivity index (χ0v) is 22.8. The Morgan fingerprint density at radius 2 is 1.49 bits per heavy atom. The van der Waals surface area contributed by atoms with E-state index in [1.54, 1.807) is 24.3 Å². The number of hydrogen-bond acceptors (Lipinski definition) is 4. The number of benzene rings is 3. The number of nitrogens with one attached hydrogen (secondary N) is 1. The number of sulfonamides is 1. The summed E-state index contributed by atoms with van der Waals surface area (Å²) in [5, 5.41) is 3.52. The van der Waals surface area contributed by atoms with Crippen molar-refractivity contribution in [1.29, 1.82) is 0 Å². The predicted molar refractivity (Wildman–Crippen MR) is 146 cm³/mol. The Morgan fingerprint density at radius 1 is 0.892 bits per heavy atom. The number of carbonyl (C=O) groups excluding carboxylic acids is 2. The Kier molecular flexibility index (Phi) is 9.86. The van der Waals surface area contributed by atoms with Crippen LogP contribution in [0.25, 0.3) is 0 Å². The summed E-state index contributed by atoms with van der Waals surface area (Å²) in [6.07, 6.45) is 1.31. The zero-order chi connectivity index (χ0) is 27.0. The molecule has 0 aromatic heterocycles. The summed E-state index contributed by atoms with van der Waals surface area (Å²) in [6.45, 7) is 2.02. The van der Waals surface area contributed by atoms with Crippen molar-refractivity contribution in [2.45, 2.75) is 32.5 Å². The molecule has 1 atom stereocenters. The first-order valence-corrected chi connectivity index (χ1v) is 14.1. The summed E-state index contributed by atoms with van der Waals surface area (Å²) >= 11 is 6.04. The Bertz CT molecular complexity index is 1300. The monoisotopic (exact) mass is 541 g/mol. The molecule has 0 spiro atoms. The van der Waals surface area contributed by atoms with Crippen LogP contribution in [-0.4, -0.2) is 55.3 Å². The molecule has 3 rings (SSSR count). The fraction of sp³-hybridized carbons (Fsp3) is 0.286. The van der Waals surface area contributed by atoms with E-state index in [9.17, 15) is 18.0 Å². The molecule has 3 aromatic rings. The van der Waals surface area contributed by atoms with Crippen molar-refractivity contribution in [1.82, 2.24) is 14.5 Å². The minimum absolute atomic E-state index is 0.114. The molecule has 7 nitrogen and oxygen atoms in total. The topological polar surface area (TPSA) is 86.8 Å². The highest BCUT2D eigenvalue weighted by atomic mass is 35.5. The highest BCUT2D eigenvalue weighted by molar-refractivity contribution is 7.88. The third kappa shape index (κ3) is 8.70. The molecule has 0 unspecified atom stereocenters. The van der Waals surface area contributed by atoms with Crippen molar-refractivity contribution < 1.29 is 18.0 Å². The van der Waals surface area contributed by atoms with Gasteiger partial charge in [0.25, 0.3) is 0 Å². The van der Waals surface area contributed by atoms with Gasteiger partial charge in [-0.15, -0.1) is 0 Å². The van der Waals surface area contributed by atoms with Crippen molar-refractivity contribution >= 4 is 33.4 Å².